The lowest BCUT2D eigenvalue weighted by Crippen LogP contribution is -2.29. The average Bonchev–Trinajstić information content (AvgIpc) is 3.11. The summed E-state index contributed by atoms with van der Waals surface area (Å²) in [4.78, 5) is 21.8. The molecule has 15 heavy (non-hydrogen) atoms. The number of carbonyl (C=O) groups excluding carboxylic acids is 1. The first kappa shape index (κ1) is 9.89. The highest BCUT2D eigenvalue weighted by molar-refractivity contribution is 5.92. The van der Waals surface area contributed by atoms with Crippen molar-refractivity contribution in [3.63, 3.8) is 0 Å². The van der Waals surface area contributed by atoms with Crippen LogP contribution in [0.3, 0.4) is 0 Å². The highest BCUT2D eigenvalue weighted by Gasteiger charge is 2.30. The zero-order valence-corrected chi connectivity index (χ0v) is 8.90. The number of nitrogens with zero attached hydrogens (tertiary/aromatic N) is 3. The molecule has 80 valence electrons. The van der Waals surface area contributed by atoms with Gasteiger partial charge in [-0.15, -0.1) is 0 Å². The van der Waals surface area contributed by atoms with Crippen molar-refractivity contribution in [1.82, 2.24) is 14.9 Å². The van der Waals surface area contributed by atoms with Crippen LogP contribution in [0.5, 0.6) is 0 Å². The molecule has 0 atom stereocenters. The van der Waals surface area contributed by atoms with E-state index in [1.54, 1.807) is 18.1 Å². The standard InChI is InChI=1S/C10H14N4O/c1-11-9-6-12-5-8(13-9)10(15)14(2)7-3-4-7/h5-7H,3-4H2,1-2H3,(H,11,13). The Balaban J connectivity index is 2.16. The molecule has 1 saturated carbocycles. The summed E-state index contributed by atoms with van der Waals surface area (Å²) in [6, 6.07) is 0.401. The molecule has 0 aliphatic heterocycles. The second-order valence-corrected chi connectivity index (χ2v) is 3.69. The molecule has 1 aromatic rings. The molecule has 1 aliphatic carbocycles. The van der Waals surface area contributed by atoms with Crippen molar-refractivity contribution in [2.24, 2.45) is 0 Å². The van der Waals surface area contributed by atoms with Crippen molar-refractivity contribution in [3.05, 3.63) is 18.1 Å². The largest absolute Gasteiger partial charge is 0.372 e. The summed E-state index contributed by atoms with van der Waals surface area (Å²) < 4.78 is 0. The Hall–Kier alpha value is -1.65. The van der Waals surface area contributed by atoms with E-state index in [0.717, 1.165) is 12.8 Å². The highest BCUT2D eigenvalue weighted by Crippen LogP contribution is 2.26. The third kappa shape index (κ3) is 2.06. The van der Waals surface area contributed by atoms with Crippen molar-refractivity contribution < 1.29 is 4.79 Å². The second kappa shape index (κ2) is 3.84. The number of rotatable bonds is 3. The van der Waals surface area contributed by atoms with E-state index < -0.39 is 0 Å². The molecule has 1 heterocycles. The van der Waals surface area contributed by atoms with Crippen LogP contribution >= 0.6 is 0 Å². The Kier molecular flexibility index (Phi) is 2.53. The predicted molar refractivity (Wildman–Crippen MR) is 56.7 cm³/mol. The Bertz CT molecular complexity index is 375. The van der Waals surface area contributed by atoms with E-state index >= 15 is 0 Å². The molecule has 2 rings (SSSR count). The second-order valence-electron chi connectivity index (χ2n) is 3.69. The third-order valence-electron chi connectivity index (χ3n) is 2.52. The van der Waals surface area contributed by atoms with Gasteiger partial charge < -0.3 is 10.2 Å². The number of hydrogen-bond donors (Lipinski definition) is 1. The lowest BCUT2D eigenvalue weighted by Gasteiger charge is -2.15. The number of aromatic nitrogens is 2. The minimum absolute atomic E-state index is 0.0536. The molecule has 5 nitrogen and oxygen atoms in total. The van der Waals surface area contributed by atoms with E-state index in [2.05, 4.69) is 15.3 Å². The number of hydrogen-bond acceptors (Lipinski definition) is 4. The summed E-state index contributed by atoms with van der Waals surface area (Å²) >= 11 is 0. The molecule has 1 aromatic heterocycles. The van der Waals surface area contributed by atoms with E-state index in [-0.39, 0.29) is 5.91 Å². The van der Waals surface area contributed by atoms with Crippen molar-refractivity contribution in [3.8, 4) is 0 Å². The fourth-order valence-electron chi connectivity index (χ4n) is 1.40. The van der Waals surface area contributed by atoms with Crippen molar-refractivity contribution in [1.29, 1.82) is 0 Å². The monoisotopic (exact) mass is 206 g/mol. The molecule has 0 aromatic carbocycles. The number of amides is 1. The van der Waals surface area contributed by atoms with E-state index in [1.807, 2.05) is 7.05 Å². The van der Waals surface area contributed by atoms with Crippen LogP contribution in [-0.2, 0) is 0 Å². The van der Waals surface area contributed by atoms with Gasteiger partial charge in [-0.25, -0.2) is 4.98 Å². The summed E-state index contributed by atoms with van der Waals surface area (Å²) in [7, 11) is 3.57. The molecule has 1 amide bonds. The summed E-state index contributed by atoms with van der Waals surface area (Å²) in [5, 5.41) is 2.86. The number of carbonyl (C=O) groups is 1. The molecule has 0 unspecified atom stereocenters. The van der Waals surface area contributed by atoms with Gasteiger partial charge in [-0.05, 0) is 12.8 Å². The van der Waals surface area contributed by atoms with Gasteiger partial charge in [-0.3, -0.25) is 9.78 Å². The Morgan fingerprint density at radius 3 is 2.87 bits per heavy atom. The first-order chi connectivity index (χ1) is 7.22. The maximum absolute atomic E-state index is 11.9. The van der Waals surface area contributed by atoms with Gasteiger partial charge in [-0.1, -0.05) is 0 Å². The van der Waals surface area contributed by atoms with Crippen molar-refractivity contribution >= 4 is 11.7 Å². The highest BCUT2D eigenvalue weighted by atomic mass is 16.2. The van der Waals surface area contributed by atoms with E-state index in [4.69, 9.17) is 0 Å². The molecular weight excluding hydrogens is 192 g/mol. The van der Waals surface area contributed by atoms with Gasteiger partial charge in [0.2, 0.25) is 0 Å². The van der Waals surface area contributed by atoms with Gasteiger partial charge in [0.05, 0.1) is 12.4 Å². The quantitative estimate of drug-likeness (QED) is 0.793. The van der Waals surface area contributed by atoms with Crippen LogP contribution in [-0.4, -0.2) is 40.9 Å². The summed E-state index contributed by atoms with van der Waals surface area (Å²) in [5.74, 6) is 0.562. The lowest BCUT2D eigenvalue weighted by molar-refractivity contribution is 0.0779. The van der Waals surface area contributed by atoms with Gasteiger partial charge >= 0.3 is 0 Å². The van der Waals surface area contributed by atoms with Crippen LogP contribution in [0.1, 0.15) is 23.3 Å². The van der Waals surface area contributed by atoms with Crippen molar-refractivity contribution in [2.45, 2.75) is 18.9 Å². The van der Waals surface area contributed by atoms with E-state index in [0.29, 0.717) is 17.6 Å². The minimum Gasteiger partial charge on any atom is -0.372 e. The fraction of sp³-hybridized carbons (Fsp3) is 0.500. The SMILES string of the molecule is CNc1cncc(C(=O)N(C)C2CC2)n1. The van der Waals surface area contributed by atoms with Crippen LogP contribution in [0.2, 0.25) is 0 Å². The maximum atomic E-state index is 11.9. The number of nitrogens with one attached hydrogen (secondary N) is 1. The molecule has 0 saturated heterocycles. The normalized spacial score (nSPS) is 14.8. The van der Waals surface area contributed by atoms with Gasteiger partial charge in [0.15, 0.2) is 0 Å². The van der Waals surface area contributed by atoms with Gasteiger partial charge in [-0.2, -0.15) is 0 Å². The lowest BCUT2D eigenvalue weighted by atomic mass is 10.3. The molecule has 0 radical (unpaired) electrons. The molecule has 1 aliphatic rings. The van der Waals surface area contributed by atoms with Crippen LogP contribution in [0, 0.1) is 0 Å². The average molecular weight is 206 g/mol. The Morgan fingerprint density at radius 2 is 2.27 bits per heavy atom. The number of anilines is 1. The summed E-state index contributed by atoms with van der Waals surface area (Å²) in [6.45, 7) is 0. The van der Waals surface area contributed by atoms with E-state index in [1.165, 1.54) is 6.20 Å². The van der Waals surface area contributed by atoms with Gasteiger partial charge in [0, 0.05) is 20.1 Å². The third-order valence-corrected chi connectivity index (χ3v) is 2.52. The summed E-state index contributed by atoms with van der Waals surface area (Å²) in [6.07, 6.45) is 5.29. The fourth-order valence-corrected chi connectivity index (χ4v) is 1.40. The van der Waals surface area contributed by atoms with Crippen molar-refractivity contribution in [2.75, 3.05) is 19.4 Å². The van der Waals surface area contributed by atoms with Gasteiger partial charge in [0.25, 0.3) is 5.91 Å². The van der Waals surface area contributed by atoms with Crippen LogP contribution in [0.4, 0.5) is 5.82 Å². The summed E-state index contributed by atoms with van der Waals surface area (Å²) in [5.41, 5.74) is 0.399. The molecule has 0 bridgehead atoms. The Morgan fingerprint density at radius 1 is 1.53 bits per heavy atom. The molecule has 1 fully saturated rings. The Labute approximate surface area is 88.5 Å². The van der Waals surface area contributed by atoms with Gasteiger partial charge in [0.1, 0.15) is 11.5 Å². The predicted octanol–water partition coefficient (Wildman–Crippen LogP) is 0.753. The van der Waals surface area contributed by atoms with Crippen LogP contribution in [0.25, 0.3) is 0 Å². The smallest absolute Gasteiger partial charge is 0.274 e. The first-order valence-corrected chi connectivity index (χ1v) is 4.99. The van der Waals surface area contributed by atoms with Crippen LogP contribution < -0.4 is 5.32 Å². The molecule has 5 heteroatoms. The molecule has 0 spiro atoms. The van der Waals surface area contributed by atoms with Crippen LogP contribution in [0.15, 0.2) is 12.4 Å². The molecule has 1 N–H and O–H groups in total. The zero-order chi connectivity index (χ0) is 10.8. The first-order valence-electron chi connectivity index (χ1n) is 4.99. The maximum Gasteiger partial charge on any atom is 0.274 e. The minimum atomic E-state index is -0.0536. The molecular formula is C10H14N4O. The topological polar surface area (TPSA) is 58.1 Å². The zero-order valence-electron chi connectivity index (χ0n) is 8.90. The van der Waals surface area contributed by atoms with E-state index in [9.17, 15) is 4.79 Å².